The number of esters is 3. The van der Waals surface area contributed by atoms with Crippen molar-refractivity contribution in [2.24, 2.45) is 0 Å². The fourth-order valence-corrected chi connectivity index (χ4v) is 18.2. The Balaban J connectivity index is 0.000000149. The molecule has 15 rings (SSSR count). The maximum absolute atomic E-state index is 13.6. The maximum Gasteiger partial charge on any atom is 0.476 e. The van der Waals surface area contributed by atoms with Crippen LogP contribution in [0.25, 0.3) is 33.5 Å². The topological polar surface area (TPSA) is 538 Å². The highest BCUT2D eigenvalue weighted by molar-refractivity contribution is 7.49. The molecule has 0 saturated carbocycles. The van der Waals surface area contributed by atoms with Gasteiger partial charge in [-0.15, -0.1) is 0 Å². The van der Waals surface area contributed by atoms with E-state index in [1.54, 1.807) is 133 Å². The summed E-state index contributed by atoms with van der Waals surface area (Å²) in [6.07, 6.45) is -9.16. The molecule has 0 spiro atoms. The van der Waals surface area contributed by atoms with Crippen molar-refractivity contribution in [2.75, 3.05) is 76.7 Å². The highest BCUT2D eigenvalue weighted by Crippen LogP contribution is 2.64. The molecule has 6 saturated heterocycles. The summed E-state index contributed by atoms with van der Waals surface area (Å²) >= 11 is 0. The van der Waals surface area contributed by atoms with Crippen LogP contribution in [0.4, 0.5) is 17.8 Å². The number of phosphoric ester groups is 3. The highest BCUT2D eigenvalue weighted by atomic mass is 31.2. The SMILES string of the molecule is CCOC(=O)C(OP1(=O)OC[C@H]2O[C@@H](n3cnc4c(OCC)nc(N)nc43)[C@](C)(O)[C@@H]2O1)c1ccccc1.CCOC(=O)C(O[P@@]1(=O)OC[C@H]2O[C@@H](n3cnc4c(OCC)nc(N)nc43)[C@](C)(O)[C@@H]2O1)c1ccccc1.CCOC(=O)C(O[P@]1(=O)OC[C@H]2O[C@@H](n3cnc4c(OCC)nc(N)nc43)[C@](C)(O)[C@@H]2O1)c1ccccc1. The number of fused-ring (bicyclic) bond motifs is 6. The lowest BCUT2D eigenvalue weighted by atomic mass is 9.96. The standard InChI is InChI=1S/3C23H28N5O9P/c3*1-4-32-19-15-18(26-22(24)27-19)28(12-25-15)21-23(3,30)17-14(35-21)11-34-38(31,37-17)36-16(20(29)33-5-2)13-9-7-6-8-10-13/h3*6-10,12,14,16-17,21,30H,4-5,11H2,1-3H3,(H2,24,26,27)/t14-,16?,17-,21-,23-,38?;14-,16?,17-,21-,23-,38+;14-,16?,17-,21-,23-,38-/m111/s1. The molecule has 6 fully saturated rings. The Morgan fingerprint density at radius 2 is 0.684 bits per heavy atom. The van der Waals surface area contributed by atoms with Crippen LogP contribution in [-0.4, -0.2) is 205 Å². The van der Waals surface area contributed by atoms with Crippen molar-refractivity contribution >= 4 is 92.7 Å². The highest BCUT2D eigenvalue weighted by Gasteiger charge is 2.64. The van der Waals surface area contributed by atoms with Gasteiger partial charge in [-0.3, -0.25) is 54.4 Å². The van der Waals surface area contributed by atoms with Gasteiger partial charge in [-0.25, -0.2) is 43.0 Å². The minimum Gasteiger partial charge on any atom is -0.476 e. The summed E-state index contributed by atoms with van der Waals surface area (Å²) in [6.45, 7) is 15.2. The number of hydrogen-bond donors (Lipinski definition) is 6. The molecular weight excluding hydrogens is 1560 g/mol. The monoisotopic (exact) mass is 1650 g/mol. The van der Waals surface area contributed by atoms with Crippen LogP contribution in [0.5, 0.6) is 17.6 Å². The van der Waals surface area contributed by atoms with E-state index in [9.17, 15) is 43.4 Å². The second kappa shape index (κ2) is 33.8. The third kappa shape index (κ3) is 16.7. The zero-order valence-electron chi connectivity index (χ0n) is 62.8. The molecule has 18 atom stereocenters. The summed E-state index contributed by atoms with van der Waals surface area (Å²) in [7, 11) is -13.1. The van der Waals surface area contributed by atoms with Gasteiger partial charge < -0.3 is 75.2 Å². The summed E-state index contributed by atoms with van der Waals surface area (Å²) in [6, 6.07) is 25.2. The number of nitrogens with zero attached hydrogens (tertiary/aromatic N) is 12. The van der Waals surface area contributed by atoms with Crippen molar-refractivity contribution in [1.29, 1.82) is 0 Å². The van der Waals surface area contributed by atoms with E-state index in [0.717, 1.165) is 0 Å². The molecule has 42 nitrogen and oxygen atoms in total. The van der Waals surface area contributed by atoms with E-state index in [-0.39, 0.29) is 92.1 Å². The van der Waals surface area contributed by atoms with Crippen molar-refractivity contribution in [3.05, 3.63) is 127 Å². The number of rotatable bonds is 24. The molecule has 0 aliphatic carbocycles. The Kier molecular flexibility index (Phi) is 24.5. The molecule has 9 N–H and O–H groups in total. The summed E-state index contributed by atoms with van der Waals surface area (Å²) in [5.74, 6) is -1.89. The molecule has 0 amide bonds. The van der Waals surface area contributed by atoms with Crippen molar-refractivity contribution in [1.82, 2.24) is 58.6 Å². The summed E-state index contributed by atoms with van der Waals surface area (Å²) < 4.78 is 146. The van der Waals surface area contributed by atoms with Crippen LogP contribution in [0.3, 0.4) is 0 Å². The first-order valence-corrected chi connectivity index (χ1v) is 40.4. The van der Waals surface area contributed by atoms with Gasteiger partial charge in [-0.2, -0.15) is 29.9 Å². The van der Waals surface area contributed by atoms with E-state index in [0.29, 0.717) is 53.1 Å². The van der Waals surface area contributed by atoms with Crippen LogP contribution in [0.15, 0.2) is 110 Å². The lowest BCUT2D eigenvalue weighted by Crippen LogP contribution is -2.47. The van der Waals surface area contributed by atoms with E-state index < -0.39 is 132 Å². The van der Waals surface area contributed by atoms with Gasteiger partial charge in [-0.1, -0.05) is 91.0 Å². The van der Waals surface area contributed by atoms with Crippen LogP contribution in [-0.2, 0) is 97.2 Å². The van der Waals surface area contributed by atoms with Gasteiger partial charge in [0.1, 0.15) is 53.4 Å². The number of hydrogen-bond acceptors (Lipinski definition) is 39. The van der Waals surface area contributed by atoms with Crippen LogP contribution in [0.2, 0.25) is 0 Å². The van der Waals surface area contributed by atoms with Gasteiger partial charge in [0.25, 0.3) is 0 Å². The molecule has 0 bridgehead atoms. The fourth-order valence-electron chi connectivity index (χ4n) is 13.4. The van der Waals surface area contributed by atoms with Crippen molar-refractivity contribution in [3.63, 3.8) is 0 Å². The zero-order chi connectivity index (χ0) is 81.2. The molecule has 6 aliphatic heterocycles. The van der Waals surface area contributed by atoms with E-state index in [4.69, 9.17) is 101 Å². The molecule has 6 aliphatic rings. The Bertz CT molecular complexity index is 4600. The molecule has 9 aromatic rings. The molecule has 114 heavy (non-hydrogen) atoms. The number of aromatic nitrogens is 12. The molecule has 0 radical (unpaired) electrons. The number of benzene rings is 3. The van der Waals surface area contributed by atoms with Gasteiger partial charge in [-0.05, 0) is 79.0 Å². The number of anilines is 3. The first-order valence-electron chi connectivity index (χ1n) is 36.0. The second-order valence-electron chi connectivity index (χ2n) is 26.4. The lowest BCUT2D eigenvalue weighted by Gasteiger charge is -2.35. The minimum absolute atomic E-state index is 0.0545. The summed E-state index contributed by atoms with van der Waals surface area (Å²) in [4.78, 5) is 75.8. The van der Waals surface area contributed by atoms with Gasteiger partial charge >= 0.3 is 41.4 Å². The number of nitrogens with two attached hydrogens (primary N) is 3. The van der Waals surface area contributed by atoms with Crippen molar-refractivity contribution in [2.45, 2.75) is 153 Å². The van der Waals surface area contributed by atoms with Crippen LogP contribution >= 0.6 is 23.5 Å². The number of carbonyl (C=O) groups excluding carboxylic acids is 3. The van der Waals surface area contributed by atoms with Crippen LogP contribution < -0.4 is 31.4 Å². The van der Waals surface area contributed by atoms with Gasteiger partial charge in [0.2, 0.25) is 35.5 Å². The van der Waals surface area contributed by atoms with Crippen molar-refractivity contribution in [3.8, 4) is 17.6 Å². The molecule has 12 heterocycles. The number of imidazole rings is 3. The van der Waals surface area contributed by atoms with Gasteiger partial charge in [0, 0.05) is 0 Å². The average molecular weight is 1650 g/mol. The molecule has 4 unspecified atom stereocenters. The normalized spacial score (nSPS) is 29.6. The third-order valence-corrected chi connectivity index (χ3v) is 22.7. The largest absolute Gasteiger partial charge is 0.476 e. The second-order valence-corrected chi connectivity index (χ2v) is 31.2. The van der Waals surface area contributed by atoms with E-state index in [2.05, 4.69) is 44.9 Å². The zero-order valence-corrected chi connectivity index (χ0v) is 65.4. The number of aliphatic hydroxyl groups is 3. The van der Waals surface area contributed by atoms with E-state index in [1.165, 1.54) is 53.5 Å². The quantitative estimate of drug-likeness (QED) is 0.0203. The molecular formula is C69H84N15O27P3. The average Bonchev–Trinajstić information content (AvgIpc) is 1.58. The number of carbonyl (C=O) groups is 3. The van der Waals surface area contributed by atoms with Gasteiger partial charge in [0.15, 0.2) is 70.5 Å². The fraction of sp³-hybridized carbons (Fsp3) is 0.478. The molecule has 45 heteroatoms. The van der Waals surface area contributed by atoms with Crippen molar-refractivity contribution < 1.29 is 127 Å². The minimum atomic E-state index is -4.37. The van der Waals surface area contributed by atoms with Crippen LogP contribution in [0.1, 0.15) is 116 Å². The molecule has 6 aromatic heterocycles. The predicted octanol–water partition coefficient (Wildman–Crippen LogP) is 6.90. The first-order chi connectivity index (χ1) is 54.5. The maximum atomic E-state index is 13.6. The third-order valence-electron chi connectivity index (χ3n) is 18.4. The Hall–Kier alpha value is -9.39. The molecule has 612 valence electrons. The Morgan fingerprint density at radius 1 is 0.430 bits per heavy atom. The van der Waals surface area contributed by atoms with Crippen LogP contribution in [0, 0.1) is 0 Å². The number of ether oxygens (including phenoxy) is 9. The smallest absolute Gasteiger partial charge is 0.476 e. The molecule has 3 aromatic carbocycles. The van der Waals surface area contributed by atoms with Gasteiger partial charge in [0.05, 0.1) is 78.4 Å². The lowest BCUT2D eigenvalue weighted by molar-refractivity contribution is -0.155. The van der Waals surface area contributed by atoms with E-state index in [1.807, 2.05) is 0 Å². The van der Waals surface area contributed by atoms with E-state index >= 15 is 0 Å². The summed E-state index contributed by atoms with van der Waals surface area (Å²) in [5.41, 5.74) is 15.2. The number of phosphoric acid groups is 3. The Labute approximate surface area is 649 Å². The number of nitrogen functional groups attached to an aromatic ring is 3. The predicted molar refractivity (Wildman–Crippen MR) is 392 cm³/mol. The Morgan fingerprint density at radius 3 is 0.921 bits per heavy atom. The summed E-state index contributed by atoms with van der Waals surface area (Å²) in [5, 5.41) is 34.7. The first kappa shape index (κ1) is 82.6.